The summed E-state index contributed by atoms with van der Waals surface area (Å²) in [5, 5.41) is 0. The predicted octanol–water partition coefficient (Wildman–Crippen LogP) is 4.71. The van der Waals surface area contributed by atoms with Crippen LogP contribution in [0.3, 0.4) is 0 Å². The second-order valence-electron chi connectivity index (χ2n) is 4.51. The van der Waals surface area contributed by atoms with E-state index in [-0.39, 0.29) is 0 Å². The smallest absolute Gasteiger partial charge is 0.0162 e. The molecule has 0 aromatic heterocycles. The molecule has 0 heterocycles. The first-order valence-electron chi connectivity index (χ1n) is 6.28. The molecule has 84 valence electrons. The Bertz CT molecular complexity index is 312. The number of aryl methyl sites for hydroxylation is 2. The van der Waals surface area contributed by atoms with E-state index in [9.17, 15) is 0 Å². The minimum absolute atomic E-state index is 0.754. The van der Waals surface area contributed by atoms with Crippen molar-refractivity contribution in [2.75, 3.05) is 0 Å². The Hall–Kier alpha value is -0.780. The highest BCUT2D eigenvalue weighted by Crippen LogP contribution is 2.35. The average molecular weight is 204 g/mol. The van der Waals surface area contributed by atoms with Crippen molar-refractivity contribution in [3.8, 4) is 0 Å². The van der Waals surface area contributed by atoms with Crippen LogP contribution >= 0.6 is 0 Å². The van der Waals surface area contributed by atoms with Gasteiger partial charge in [0.1, 0.15) is 0 Å². The van der Waals surface area contributed by atoms with Gasteiger partial charge in [0, 0.05) is 0 Å². The van der Waals surface area contributed by atoms with Crippen molar-refractivity contribution in [2.45, 2.75) is 53.4 Å². The van der Waals surface area contributed by atoms with Crippen LogP contribution in [0.1, 0.15) is 56.7 Å². The van der Waals surface area contributed by atoms with Gasteiger partial charge >= 0.3 is 0 Å². The number of hydrogen-bond acceptors (Lipinski definition) is 0. The molecule has 1 aliphatic carbocycles. The Morgan fingerprint density at radius 1 is 1.13 bits per heavy atom. The lowest BCUT2D eigenvalue weighted by Crippen LogP contribution is -2.15. The fourth-order valence-electron chi connectivity index (χ4n) is 2.33. The van der Waals surface area contributed by atoms with Crippen molar-refractivity contribution in [3.63, 3.8) is 0 Å². The molecule has 0 saturated heterocycles. The van der Waals surface area contributed by atoms with Gasteiger partial charge in [0.2, 0.25) is 0 Å². The lowest BCUT2D eigenvalue weighted by atomic mass is 9.77. The van der Waals surface area contributed by atoms with Gasteiger partial charge in [-0.2, -0.15) is 0 Å². The Kier molecular flexibility index (Phi) is 4.38. The van der Waals surface area contributed by atoms with Crippen molar-refractivity contribution < 1.29 is 0 Å². The topological polar surface area (TPSA) is 0 Å². The van der Waals surface area contributed by atoms with Crippen LogP contribution in [0.25, 0.3) is 0 Å². The zero-order chi connectivity index (χ0) is 11.4. The Morgan fingerprint density at radius 3 is 2.47 bits per heavy atom. The molecule has 1 aliphatic rings. The second kappa shape index (κ2) is 5.34. The lowest BCUT2D eigenvalue weighted by molar-refractivity contribution is 0.426. The standard InChI is InChI=1S/C13H18.C2H6/c1-9-4-7-13-11(3)10(2)5-6-12(13)8-9;1-2/h4,7-8,10-11H,5-6H2,1-3H3;1-2H3. The number of rotatable bonds is 0. The monoisotopic (exact) mass is 204 g/mol. The van der Waals surface area contributed by atoms with Gasteiger partial charge in [-0.3, -0.25) is 0 Å². The zero-order valence-electron chi connectivity index (χ0n) is 10.8. The molecule has 2 rings (SSSR count). The van der Waals surface area contributed by atoms with Gasteiger partial charge in [0.25, 0.3) is 0 Å². The first kappa shape index (κ1) is 12.3. The molecule has 1 aromatic carbocycles. The molecule has 15 heavy (non-hydrogen) atoms. The summed E-state index contributed by atoms with van der Waals surface area (Å²) in [6.45, 7) is 10.9. The highest BCUT2D eigenvalue weighted by molar-refractivity contribution is 5.36. The summed E-state index contributed by atoms with van der Waals surface area (Å²) in [5.41, 5.74) is 4.58. The van der Waals surface area contributed by atoms with Gasteiger partial charge in [0.15, 0.2) is 0 Å². The van der Waals surface area contributed by atoms with E-state index in [0.717, 1.165) is 11.8 Å². The van der Waals surface area contributed by atoms with E-state index in [4.69, 9.17) is 0 Å². The van der Waals surface area contributed by atoms with Gasteiger partial charge in [-0.1, -0.05) is 51.5 Å². The van der Waals surface area contributed by atoms with Crippen molar-refractivity contribution in [3.05, 3.63) is 34.9 Å². The molecule has 0 heteroatoms. The molecular weight excluding hydrogens is 180 g/mol. The predicted molar refractivity (Wildman–Crippen MR) is 68.4 cm³/mol. The van der Waals surface area contributed by atoms with E-state index >= 15 is 0 Å². The summed E-state index contributed by atoms with van der Waals surface area (Å²) >= 11 is 0. The zero-order valence-corrected chi connectivity index (χ0v) is 10.8. The SMILES string of the molecule is CC.Cc1ccc2c(c1)CCC(C)C2C. The maximum absolute atomic E-state index is 2.37. The molecule has 1 aromatic rings. The van der Waals surface area contributed by atoms with E-state index in [2.05, 4.69) is 39.0 Å². The number of benzene rings is 1. The third-order valence-electron chi connectivity index (χ3n) is 3.51. The van der Waals surface area contributed by atoms with Crippen LogP contribution in [0.4, 0.5) is 0 Å². The van der Waals surface area contributed by atoms with Gasteiger partial charge in [0.05, 0.1) is 0 Å². The van der Waals surface area contributed by atoms with E-state index in [1.165, 1.54) is 18.4 Å². The molecule has 0 spiro atoms. The first-order chi connectivity index (χ1) is 7.18. The molecule has 0 fully saturated rings. The van der Waals surface area contributed by atoms with Crippen molar-refractivity contribution in [1.29, 1.82) is 0 Å². The lowest BCUT2D eigenvalue weighted by Gasteiger charge is -2.28. The molecule has 0 N–H and O–H groups in total. The first-order valence-corrected chi connectivity index (χ1v) is 6.28. The third kappa shape index (κ3) is 2.62. The molecule has 0 bridgehead atoms. The summed E-state index contributed by atoms with van der Waals surface area (Å²) in [6, 6.07) is 6.93. The van der Waals surface area contributed by atoms with E-state index < -0.39 is 0 Å². The summed E-state index contributed by atoms with van der Waals surface area (Å²) < 4.78 is 0. The van der Waals surface area contributed by atoms with Gasteiger partial charge in [-0.05, 0) is 42.7 Å². The van der Waals surface area contributed by atoms with Crippen LogP contribution in [-0.4, -0.2) is 0 Å². The Labute approximate surface area is 94.7 Å². The average Bonchev–Trinajstić information content (AvgIpc) is 2.26. The highest BCUT2D eigenvalue weighted by Gasteiger charge is 2.22. The normalized spacial score (nSPS) is 23.8. The van der Waals surface area contributed by atoms with E-state index in [1.54, 1.807) is 11.1 Å². The van der Waals surface area contributed by atoms with E-state index in [1.807, 2.05) is 13.8 Å². The highest BCUT2D eigenvalue weighted by atomic mass is 14.3. The summed E-state index contributed by atoms with van der Waals surface area (Å²) in [4.78, 5) is 0. The molecule has 0 amide bonds. The van der Waals surface area contributed by atoms with Crippen molar-refractivity contribution in [2.24, 2.45) is 5.92 Å². The van der Waals surface area contributed by atoms with Crippen molar-refractivity contribution in [1.82, 2.24) is 0 Å². The molecule has 0 saturated carbocycles. The quantitative estimate of drug-likeness (QED) is 0.574. The maximum atomic E-state index is 2.37. The Balaban J connectivity index is 0.000000531. The summed E-state index contributed by atoms with van der Waals surface area (Å²) in [6.07, 6.45) is 2.64. The minimum atomic E-state index is 0.754. The second-order valence-corrected chi connectivity index (χ2v) is 4.51. The van der Waals surface area contributed by atoms with Crippen LogP contribution < -0.4 is 0 Å². The summed E-state index contributed by atoms with van der Waals surface area (Å²) in [7, 11) is 0. The summed E-state index contributed by atoms with van der Waals surface area (Å²) in [5.74, 6) is 1.61. The van der Waals surface area contributed by atoms with E-state index in [0.29, 0.717) is 0 Å². The molecule has 2 atom stereocenters. The maximum Gasteiger partial charge on any atom is -0.0162 e. The largest absolute Gasteiger partial charge is 0.0683 e. The minimum Gasteiger partial charge on any atom is -0.0683 e. The van der Waals surface area contributed by atoms with Gasteiger partial charge in [-0.25, -0.2) is 0 Å². The molecule has 0 aliphatic heterocycles. The third-order valence-corrected chi connectivity index (χ3v) is 3.51. The molecule has 0 radical (unpaired) electrons. The molecular formula is C15H24. The van der Waals surface area contributed by atoms with Crippen molar-refractivity contribution >= 4 is 0 Å². The number of hydrogen-bond donors (Lipinski definition) is 0. The fraction of sp³-hybridized carbons (Fsp3) is 0.600. The van der Waals surface area contributed by atoms with Gasteiger partial charge < -0.3 is 0 Å². The fourth-order valence-corrected chi connectivity index (χ4v) is 2.33. The van der Waals surface area contributed by atoms with Crippen LogP contribution in [-0.2, 0) is 6.42 Å². The van der Waals surface area contributed by atoms with Crippen LogP contribution in [0.2, 0.25) is 0 Å². The van der Waals surface area contributed by atoms with Crippen LogP contribution in [0.5, 0.6) is 0 Å². The Morgan fingerprint density at radius 2 is 1.80 bits per heavy atom. The van der Waals surface area contributed by atoms with Crippen LogP contribution in [0, 0.1) is 12.8 Å². The molecule has 2 unspecified atom stereocenters. The molecule has 0 nitrogen and oxygen atoms in total. The van der Waals surface area contributed by atoms with Crippen LogP contribution in [0.15, 0.2) is 18.2 Å². The van der Waals surface area contributed by atoms with Gasteiger partial charge in [-0.15, -0.1) is 0 Å². The number of fused-ring (bicyclic) bond motifs is 1.